The van der Waals surface area contributed by atoms with Gasteiger partial charge in [0.15, 0.2) is 0 Å². The van der Waals surface area contributed by atoms with E-state index in [1.54, 1.807) is 4.90 Å². The molecule has 2 heterocycles. The lowest BCUT2D eigenvalue weighted by Gasteiger charge is -2.32. The molecule has 2 saturated heterocycles. The van der Waals surface area contributed by atoms with Gasteiger partial charge in [-0.1, -0.05) is 22.0 Å². The summed E-state index contributed by atoms with van der Waals surface area (Å²) in [5.41, 5.74) is 0.838. The Kier molecular flexibility index (Phi) is 4.49. The minimum absolute atomic E-state index is 0.0118. The Labute approximate surface area is 138 Å². The normalized spacial score (nSPS) is 25.6. The van der Waals surface area contributed by atoms with Crippen LogP contribution in [0.2, 0.25) is 0 Å². The van der Waals surface area contributed by atoms with Crippen molar-refractivity contribution in [3.05, 3.63) is 28.7 Å². The molecule has 2 fully saturated rings. The second-order valence-corrected chi connectivity index (χ2v) is 6.77. The standard InChI is InChI=1S/C16H19BrN2O3/c1-11-9-18(5-6-22-11)16(21)12-7-15(20)19(10-12)14-4-2-3-13(17)8-14/h2-4,8,11-12H,5-7,9-10H2,1H3. The molecule has 2 amide bonds. The maximum atomic E-state index is 12.6. The summed E-state index contributed by atoms with van der Waals surface area (Å²) in [5.74, 6) is -0.171. The van der Waals surface area contributed by atoms with E-state index in [-0.39, 0.29) is 30.3 Å². The number of anilines is 1. The summed E-state index contributed by atoms with van der Waals surface area (Å²) in [4.78, 5) is 28.4. The summed E-state index contributed by atoms with van der Waals surface area (Å²) in [5, 5.41) is 0. The average Bonchev–Trinajstić information content (AvgIpc) is 2.88. The highest BCUT2D eigenvalue weighted by Gasteiger charge is 2.38. The molecule has 0 aliphatic carbocycles. The lowest BCUT2D eigenvalue weighted by Crippen LogP contribution is -2.47. The molecule has 22 heavy (non-hydrogen) atoms. The minimum atomic E-state index is -0.253. The Hall–Kier alpha value is -1.40. The Morgan fingerprint density at radius 1 is 1.36 bits per heavy atom. The lowest BCUT2D eigenvalue weighted by atomic mass is 10.1. The second-order valence-electron chi connectivity index (χ2n) is 5.85. The average molecular weight is 367 g/mol. The van der Waals surface area contributed by atoms with Gasteiger partial charge in [0, 0.05) is 36.2 Å². The van der Waals surface area contributed by atoms with Crippen molar-refractivity contribution in [3.8, 4) is 0 Å². The number of amides is 2. The van der Waals surface area contributed by atoms with Gasteiger partial charge >= 0.3 is 0 Å². The van der Waals surface area contributed by atoms with E-state index in [2.05, 4.69) is 15.9 Å². The Morgan fingerprint density at radius 3 is 2.91 bits per heavy atom. The van der Waals surface area contributed by atoms with E-state index in [1.165, 1.54) is 0 Å². The largest absolute Gasteiger partial charge is 0.375 e. The van der Waals surface area contributed by atoms with Crippen molar-refractivity contribution in [2.45, 2.75) is 19.4 Å². The van der Waals surface area contributed by atoms with Gasteiger partial charge in [-0.15, -0.1) is 0 Å². The minimum Gasteiger partial charge on any atom is -0.375 e. The summed E-state index contributed by atoms with van der Waals surface area (Å²) in [6.45, 7) is 4.22. The number of morpholine rings is 1. The van der Waals surface area contributed by atoms with Gasteiger partial charge in [-0.05, 0) is 25.1 Å². The van der Waals surface area contributed by atoms with E-state index in [4.69, 9.17) is 4.74 Å². The van der Waals surface area contributed by atoms with Gasteiger partial charge in [-0.3, -0.25) is 9.59 Å². The number of rotatable bonds is 2. The molecule has 0 spiro atoms. The van der Waals surface area contributed by atoms with E-state index < -0.39 is 0 Å². The number of nitrogens with zero attached hydrogens (tertiary/aromatic N) is 2. The zero-order valence-corrected chi connectivity index (χ0v) is 14.1. The molecule has 2 aliphatic heterocycles. The van der Waals surface area contributed by atoms with Crippen LogP contribution in [0.1, 0.15) is 13.3 Å². The van der Waals surface area contributed by atoms with Crippen LogP contribution in [0.5, 0.6) is 0 Å². The molecular formula is C16H19BrN2O3. The maximum absolute atomic E-state index is 12.6. The third-order valence-corrected chi connectivity index (χ3v) is 4.64. The van der Waals surface area contributed by atoms with Crippen molar-refractivity contribution in [1.29, 1.82) is 0 Å². The molecule has 0 saturated carbocycles. The van der Waals surface area contributed by atoms with Gasteiger partial charge in [0.1, 0.15) is 0 Å². The molecule has 2 aliphatic rings. The van der Waals surface area contributed by atoms with Crippen LogP contribution < -0.4 is 4.90 Å². The van der Waals surface area contributed by atoms with Gasteiger partial charge in [-0.2, -0.15) is 0 Å². The number of hydrogen-bond acceptors (Lipinski definition) is 3. The molecular weight excluding hydrogens is 348 g/mol. The number of carbonyl (C=O) groups is 2. The number of carbonyl (C=O) groups excluding carboxylic acids is 2. The fraction of sp³-hybridized carbons (Fsp3) is 0.500. The van der Waals surface area contributed by atoms with E-state index in [1.807, 2.05) is 36.1 Å². The maximum Gasteiger partial charge on any atom is 0.228 e. The monoisotopic (exact) mass is 366 g/mol. The molecule has 1 aromatic carbocycles. The Balaban J connectivity index is 1.70. The van der Waals surface area contributed by atoms with E-state index in [0.29, 0.717) is 26.2 Å². The van der Waals surface area contributed by atoms with Gasteiger partial charge in [0.05, 0.1) is 18.6 Å². The zero-order chi connectivity index (χ0) is 15.7. The summed E-state index contributed by atoms with van der Waals surface area (Å²) in [6, 6.07) is 7.61. The van der Waals surface area contributed by atoms with Crippen LogP contribution in [0.15, 0.2) is 28.7 Å². The first kappa shape index (κ1) is 15.5. The van der Waals surface area contributed by atoms with Gasteiger partial charge < -0.3 is 14.5 Å². The lowest BCUT2D eigenvalue weighted by molar-refractivity contribution is -0.142. The molecule has 3 rings (SSSR count). The highest BCUT2D eigenvalue weighted by molar-refractivity contribution is 9.10. The summed E-state index contributed by atoms with van der Waals surface area (Å²) in [6.07, 6.45) is 0.355. The molecule has 1 aromatic rings. The SMILES string of the molecule is CC1CN(C(=O)C2CC(=O)N(c3cccc(Br)c3)C2)CCO1. The highest BCUT2D eigenvalue weighted by atomic mass is 79.9. The van der Waals surface area contributed by atoms with E-state index in [9.17, 15) is 9.59 Å². The van der Waals surface area contributed by atoms with Crippen LogP contribution in [0.25, 0.3) is 0 Å². The van der Waals surface area contributed by atoms with Gasteiger partial charge in [0.2, 0.25) is 11.8 Å². The van der Waals surface area contributed by atoms with Crippen molar-refractivity contribution >= 4 is 33.4 Å². The molecule has 0 aromatic heterocycles. The van der Waals surface area contributed by atoms with Crippen molar-refractivity contribution in [2.24, 2.45) is 5.92 Å². The quantitative estimate of drug-likeness (QED) is 0.804. The highest BCUT2D eigenvalue weighted by Crippen LogP contribution is 2.28. The van der Waals surface area contributed by atoms with Crippen molar-refractivity contribution in [2.75, 3.05) is 31.1 Å². The van der Waals surface area contributed by atoms with Crippen LogP contribution in [-0.4, -0.2) is 49.1 Å². The fourth-order valence-corrected chi connectivity index (χ4v) is 3.43. The second kappa shape index (κ2) is 6.38. The number of halogens is 1. The molecule has 118 valence electrons. The molecule has 0 radical (unpaired) electrons. The first-order chi connectivity index (χ1) is 10.5. The van der Waals surface area contributed by atoms with Crippen LogP contribution in [-0.2, 0) is 14.3 Å². The van der Waals surface area contributed by atoms with Crippen molar-refractivity contribution in [3.63, 3.8) is 0 Å². The number of benzene rings is 1. The third kappa shape index (κ3) is 3.17. The zero-order valence-electron chi connectivity index (χ0n) is 12.5. The third-order valence-electron chi connectivity index (χ3n) is 4.15. The smallest absolute Gasteiger partial charge is 0.228 e. The summed E-state index contributed by atoms with van der Waals surface area (Å²) in [7, 11) is 0. The van der Waals surface area contributed by atoms with Gasteiger partial charge in [-0.25, -0.2) is 0 Å². The number of ether oxygens (including phenoxy) is 1. The van der Waals surface area contributed by atoms with Crippen LogP contribution >= 0.6 is 15.9 Å². The predicted molar refractivity (Wildman–Crippen MR) is 86.6 cm³/mol. The first-order valence-electron chi connectivity index (χ1n) is 7.51. The predicted octanol–water partition coefficient (Wildman–Crippen LogP) is 2.05. The van der Waals surface area contributed by atoms with Gasteiger partial charge in [0.25, 0.3) is 0 Å². The van der Waals surface area contributed by atoms with Crippen LogP contribution in [0, 0.1) is 5.92 Å². The summed E-state index contributed by atoms with van der Waals surface area (Å²) < 4.78 is 6.39. The molecule has 5 nitrogen and oxygen atoms in total. The van der Waals surface area contributed by atoms with E-state index in [0.717, 1.165) is 10.2 Å². The van der Waals surface area contributed by atoms with Crippen LogP contribution in [0.4, 0.5) is 5.69 Å². The Morgan fingerprint density at radius 2 is 2.18 bits per heavy atom. The number of hydrogen-bond donors (Lipinski definition) is 0. The Bertz CT molecular complexity index is 593. The molecule has 6 heteroatoms. The molecule has 0 N–H and O–H groups in total. The molecule has 2 unspecified atom stereocenters. The van der Waals surface area contributed by atoms with Crippen molar-refractivity contribution < 1.29 is 14.3 Å². The summed E-state index contributed by atoms with van der Waals surface area (Å²) >= 11 is 3.42. The van der Waals surface area contributed by atoms with E-state index >= 15 is 0 Å². The van der Waals surface area contributed by atoms with Crippen molar-refractivity contribution in [1.82, 2.24) is 4.90 Å². The fourth-order valence-electron chi connectivity index (χ4n) is 3.04. The first-order valence-corrected chi connectivity index (χ1v) is 8.30. The van der Waals surface area contributed by atoms with Crippen LogP contribution in [0.3, 0.4) is 0 Å². The molecule has 0 bridgehead atoms. The molecule has 2 atom stereocenters. The topological polar surface area (TPSA) is 49.9 Å².